The van der Waals surface area contributed by atoms with Gasteiger partial charge in [0.05, 0.1) is 11.4 Å². The van der Waals surface area contributed by atoms with Crippen molar-refractivity contribution in [2.45, 2.75) is 6.92 Å². The molecule has 6 rings (SSSR count). The summed E-state index contributed by atoms with van der Waals surface area (Å²) in [5.41, 5.74) is 6.40. The van der Waals surface area contributed by atoms with Crippen LogP contribution in [-0.2, 0) is 0 Å². The lowest BCUT2D eigenvalue weighted by Crippen LogP contribution is -2.19. The second-order valence-electron chi connectivity index (χ2n) is 8.76. The molecule has 0 saturated carbocycles. The molecular weight excluding hydrogens is 498 g/mol. The summed E-state index contributed by atoms with van der Waals surface area (Å²) in [6.45, 7) is 1.95. The Morgan fingerprint density at radius 1 is 0.868 bits per heavy atom. The lowest BCUT2D eigenvalue weighted by Gasteiger charge is -2.11. The van der Waals surface area contributed by atoms with E-state index in [1.807, 2.05) is 107 Å². The first kappa shape index (κ1) is 23.4. The number of carbonyl (C=O) groups is 1. The number of aryl methyl sites for hydroxylation is 1. The number of halogens is 1. The Hall–Kier alpha value is -4.95. The summed E-state index contributed by atoms with van der Waals surface area (Å²) in [5.74, 6) is 0.635. The van der Waals surface area contributed by atoms with Crippen LogP contribution < -0.4 is 10.6 Å². The molecule has 0 bridgehead atoms. The molecule has 8 nitrogen and oxygen atoms in total. The van der Waals surface area contributed by atoms with E-state index in [4.69, 9.17) is 16.6 Å². The van der Waals surface area contributed by atoms with E-state index in [1.54, 1.807) is 12.5 Å². The van der Waals surface area contributed by atoms with Gasteiger partial charge in [-0.15, -0.1) is 0 Å². The number of carbonyl (C=O) groups excluding carboxylic acids is 1. The van der Waals surface area contributed by atoms with E-state index in [1.165, 1.54) is 0 Å². The van der Waals surface area contributed by atoms with E-state index in [2.05, 4.69) is 20.6 Å². The summed E-state index contributed by atoms with van der Waals surface area (Å²) in [6, 6.07) is 22.4. The van der Waals surface area contributed by atoms with Gasteiger partial charge < -0.3 is 15.0 Å². The molecule has 2 N–H and O–H groups in total. The normalized spacial score (nSPS) is 11.0. The number of hydrogen-bond donors (Lipinski definition) is 2. The number of imidazole rings is 2. The minimum absolute atomic E-state index is 0.316. The third-order valence-electron chi connectivity index (χ3n) is 6.13. The van der Waals surface area contributed by atoms with Crippen LogP contribution in [0.1, 0.15) is 5.56 Å². The summed E-state index contributed by atoms with van der Waals surface area (Å²) in [6.07, 6.45) is 9.15. The van der Waals surface area contributed by atoms with Crippen LogP contribution in [0.2, 0.25) is 5.02 Å². The molecule has 0 saturated heterocycles. The molecular formula is C29H22ClN7O. The van der Waals surface area contributed by atoms with Crippen LogP contribution in [0.3, 0.4) is 0 Å². The number of amides is 2. The van der Waals surface area contributed by atoms with E-state index in [-0.39, 0.29) is 6.03 Å². The second-order valence-corrected chi connectivity index (χ2v) is 9.19. The standard InChI is InChI=1S/C29H22ClN7O/c1-19-5-2-3-8-24(19)35-29(38)33-23-7-4-6-21(15-23)26-17-36-14-13-31-27(36)28(34-26)37-16-25(32-18-37)20-9-11-22(30)12-10-20/h2-18H,1H3,(H2,33,35,38). The third kappa shape index (κ3) is 4.72. The number of benzene rings is 3. The van der Waals surface area contributed by atoms with Crippen LogP contribution >= 0.6 is 11.6 Å². The van der Waals surface area contributed by atoms with Crippen LogP contribution in [0.4, 0.5) is 16.2 Å². The van der Waals surface area contributed by atoms with Crippen LogP contribution in [0.5, 0.6) is 0 Å². The number of hydrogen-bond acceptors (Lipinski definition) is 4. The van der Waals surface area contributed by atoms with E-state index >= 15 is 0 Å². The van der Waals surface area contributed by atoms with Crippen LogP contribution in [0, 0.1) is 6.92 Å². The first-order valence-electron chi connectivity index (χ1n) is 11.9. The summed E-state index contributed by atoms with van der Waals surface area (Å²) < 4.78 is 3.78. The molecule has 0 unspecified atom stereocenters. The fourth-order valence-electron chi connectivity index (χ4n) is 4.19. The van der Waals surface area contributed by atoms with Gasteiger partial charge in [-0.05, 0) is 42.8 Å². The Labute approximate surface area is 223 Å². The highest BCUT2D eigenvalue weighted by molar-refractivity contribution is 6.30. The number of urea groups is 1. The fraction of sp³-hybridized carbons (Fsp3) is 0.0345. The van der Waals surface area contributed by atoms with Gasteiger partial charge in [-0.25, -0.2) is 19.7 Å². The second kappa shape index (κ2) is 9.84. The van der Waals surface area contributed by atoms with Gasteiger partial charge in [-0.1, -0.05) is 54.1 Å². The van der Waals surface area contributed by atoms with Crippen molar-refractivity contribution in [1.82, 2.24) is 23.9 Å². The van der Waals surface area contributed by atoms with Crippen LogP contribution in [0.15, 0.2) is 104 Å². The molecule has 9 heteroatoms. The predicted molar refractivity (Wildman–Crippen MR) is 150 cm³/mol. The van der Waals surface area contributed by atoms with Crippen LogP contribution in [-0.4, -0.2) is 30.0 Å². The zero-order valence-electron chi connectivity index (χ0n) is 20.3. The maximum atomic E-state index is 12.6. The number of nitrogens with zero attached hydrogens (tertiary/aromatic N) is 5. The molecule has 0 atom stereocenters. The van der Waals surface area contributed by atoms with E-state index in [0.29, 0.717) is 22.2 Å². The number of rotatable bonds is 5. The molecule has 3 aromatic carbocycles. The minimum Gasteiger partial charge on any atom is -0.308 e. The Morgan fingerprint density at radius 3 is 2.55 bits per heavy atom. The maximum Gasteiger partial charge on any atom is 0.323 e. The van der Waals surface area contributed by atoms with Crippen LogP contribution in [0.25, 0.3) is 34.0 Å². The van der Waals surface area contributed by atoms with Crippen molar-refractivity contribution in [2.24, 2.45) is 0 Å². The van der Waals surface area contributed by atoms with E-state index < -0.39 is 0 Å². The molecule has 0 fully saturated rings. The van der Waals surface area contributed by atoms with Gasteiger partial charge >= 0.3 is 6.03 Å². The monoisotopic (exact) mass is 519 g/mol. The molecule has 0 radical (unpaired) electrons. The lowest BCUT2D eigenvalue weighted by molar-refractivity contribution is 0.262. The number of aromatic nitrogens is 5. The molecule has 3 aromatic heterocycles. The zero-order chi connectivity index (χ0) is 26.1. The smallest absolute Gasteiger partial charge is 0.308 e. The third-order valence-corrected chi connectivity index (χ3v) is 6.38. The SMILES string of the molecule is Cc1ccccc1NC(=O)Nc1cccc(-c2cn3ccnc3c(-n3cnc(-c4ccc(Cl)cc4)c3)n2)c1. The van der Waals surface area contributed by atoms with Gasteiger partial charge in [0, 0.05) is 52.3 Å². The zero-order valence-corrected chi connectivity index (χ0v) is 21.1. The summed E-state index contributed by atoms with van der Waals surface area (Å²) in [5, 5.41) is 6.47. The molecule has 0 aliphatic rings. The first-order valence-corrected chi connectivity index (χ1v) is 12.3. The van der Waals surface area contributed by atoms with Gasteiger partial charge in [-0.2, -0.15) is 0 Å². The van der Waals surface area contributed by atoms with E-state index in [9.17, 15) is 4.79 Å². The number of para-hydroxylation sites is 1. The van der Waals surface area contributed by atoms with Crippen molar-refractivity contribution < 1.29 is 4.79 Å². The average Bonchev–Trinajstić information content (AvgIpc) is 3.60. The minimum atomic E-state index is -0.316. The highest BCUT2D eigenvalue weighted by atomic mass is 35.5. The summed E-state index contributed by atoms with van der Waals surface area (Å²) >= 11 is 6.04. The maximum absolute atomic E-state index is 12.6. The van der Waals surface area contributed by atoms with Crippen molar-refractivity contribution in [2.75, 3.05) is 10.6 Å². The van der Waals surface area contributed by atoms with Crippen molar-refractivity contribution in [3.05, 3.63) is 114 Å². The fourth-order valence-corrected chi connectivity index (χ4v) is 4.32. The predicted octanol–water partition coefficient (Wildman–Crippen LogP) is 6.85. The Morgan fingerprint density at radius 2 is 1.71 bits per heavy atom. The van der Waals surface area contributed by atoms with Gasteiger partial charge in [0.25, 0.3) is 0 Å². The Balaban J connectivity index is 1.31. The highest BCUT2D eigenvalue weighted by Gasteiger charge is 2.14. The van der Waals surface area contributed by atoms with Crippen molar-refractivity contribution in [3.63, 3.8) is 0 Å². The lowest BCUT2D eigenvalue weighted by atomic mass is 10.1. The van der Waals surface area contributed by atoms with Gasteiger partial charge in [0.1, 0.15) is 6.33 Å². The van der Waals surface area contributed by atoms with Crippen molar-refractivity contribution in [1.29, 1.82) is 0 Å². The number of fused-ring (bicyclic) bond motifs is 1. The molecule has 0 aliphatic carbocycles. The average molecular weight is 520 g/mol. The molecule has 3 heterocycles. The van der Waals surface area contributed by atoms with Crippen molar-refractivity contribution >= 4 is 34.7 Å². The molecule has 0 aliphatic heterocycles. The molecule has 38 heavy (non-hydrogen) atoms. The summed E-state index contributed by atoms with van der Waals surface area (Å²) in [4.78, 5) is 26.6. The molecule has 0 spiro atoms. The largest absolute Gasteiger partial charge is 0.323 e. The van der Waals surface area contributed by atoms with E-state index in [0.717, 1.165) is 33.8 Å². The van der Waals surface area contributed by atoms with Gasteiger partial charge in [-0.3, -0.25) is 4.57 Å². The number of nitrogens with one attached hydrogen (secondary N) is 2. The summed E-state index contributed by atoms with van der Waals surface area (Å²) in [7, 11) is 0. The van der Waals surface area contributed by atoms with Gasteiger partial charge in [0.15, 0.2) is 11.5 Å². The highest BCUT2D eigenvalue weighted by Crippen LogP contribution is 2.26. The quantitative estimate of drug-likeness (QED) is 0.260. The first-order chi connectivity index (χ1) is 18.5. The Bertz CT molecular complexity index is 1770. The topological polar surface area (TPSA) is 89.1 Å². The van der Waals surface area contributed by atoms with Crippen molar-refractivity contribution in [3.8, 4) is 28.3 Å². The molecule has 186 valence electrons. The van der Waals surface area contributed by atoms with Gasteiger partial charge in [0.2, 0.25) is 0 Å². The Kier molecular flexibility index (Phi) is 6.07. The number of anilines is 2. The molecule has 6 aromatic rings. The molecule has 2 amide bonds.